The van der Waals surface area contributed by atoms with Crippen molar-refractivity contribution in [3.8, 4) is 11.3 Å². The lowest BCUT2D eigenvalue weighted by molar-refractivity contribution is 0.0775. The number of nitrogens with zero attached hydrogens (tertiary/aromatic N) is 7. The van der Waals surface area contributed by atoms with E-state index in [4.69, 9.17) is 4.98 Å². The van der Waals surface area contributed by atoms with Gasteiger partial charge in [0.25, 0.3) is 5.91 Å². The monoisotopic (exact) mass is 611 g/mol. The van der Waals surface area contributed by atoms with Crippen LogP contribution in [0.15, 0.2) is 29.3 Å². The molecule has 1 aromatic carbocycles. The van der Waals surface area contributed by atoms with Crippen LogP contribution in [0.1, 0.15) is 53.3 Å². The summed E-state index contributed by atoms with van der Waals surface area (Å²) >= 11 is 0. The van der Waals surface area contributed by atoms with Crippen molar-refractivity contribution in [2.75, 3.05) is 30.6 Å². The summed E-state index contributed by atoms with van der Waals surface area (Å²) in [6, 6.07) is 3.47. The van der Waals surface area contributed by atoms with Crippen LogP contribution in [0.3, 0.4) is 0 Å². The molecule has 0 radical (unpaired) electrons. The maximum absolute atomic E-state index is 15.3. The lowest BCUT2D eigenvalue weighted by Crippen LogP contribution is -2.31. The molecule has 0 spiro atoms. The maximum Gasteiger partial charge on any atom is 0.272 e. The topological polar surface area (TPSA) is 142 Å². The molecule has 2 aliphatic rings. The van der Waals surface area contributed by atoms with Crippen LogP contribution in [0, 0.1) is 18.6 Å². The van der Waals surface area contributed by atoms with Gasteiger partial charge in [-0.05, 0) is 50.7 Å². The first-order chi connectivity index (χ1) is 20.3. The van der Waals surface area contributed by atoms with Gasteiger partial charge in [0, 0.05) is 50.8 Å². The van der Waals surface area contributed by atoms with Crippen LogP contribution < -0.4 is 10.2 Å². The van der Waals surface area contributed by atoms with E-state index in [-0.39, 0.29) is 23.8 Å². The highest BCUT2D eigenvalue weighted by molar-refractivity contribution is 7.90. The number of hydrogen-bond donors (Lipinski definition) is 2. The molecule has 2 N–H and O–H groups in total. The first-order valence-corrected chi connectivity index (χ1v) is 15.7. The lowest BCUT2D eigenvalue weighted by Gasteiger charge is -2.23. The van der Waals surface area contributed by atoms with Gasteiger partial charge in [-0.25, -0.2) is 22.2 Å². The number of H-pyrrole nitrogens is 1. The molecule has 12 nitrogen and oxygen atoms in total. The molecule has 0 atom stereocenters. The first kappa shape index (κ1) is 28.7. The Hall–Kier alpha value is -4.40. The minimum absolute atomic E-state index is 0.0729. The fraction of sp³-hybridized carbons (Fsp3) is 0.393. The molecule has 6 rings (SSSR count). The van der Waals surface area contributed by atoms with Gasteiger partial charge in [0.05, 0.1) is 22.3 Å². The van der Waals surface area contributed by atoms with Crippen LogP contribution in [-0.2, 0) is 16.9 Å². The van der Waals surface area contributed by atoms with E-state index in [1.54, 1.807) is 31.3 Å². The third-order valence-corrected chi connectivity index (χ3v) is 8.83. The van der Waals surface area contributed by atoms with Crippen molar-refractivity contribution in [2.45, 2.75) is 49.5 Å². The summed E-state index contributed by atoms with van der Waals surface area (Å²) in [7, 11) is 0.969. The smallest absolute Gasteiger partial charge is 0.272 e. The molecule has 3 heterocycles. The average molecular weight is 612 g/mol. The largest absolute Gasteiger partial charge is 0.337 e. The molecule has 226 valence electrons. The summed E-state index contributed by atoms with van der Waals surface area (Å²) in [5.74, 6) is -1.57. The number of anilines is 4. The molecule has 0 bridgehead atoms. The molecule has 4 aromatic rings. The zero-order chi connectivity index (χ0) is 30.8. The number of halogens is 2. The maximum atomic E-state index is 15.3. The molecule has 0 saturated heterocycles. The number of carbonyl (C=O) groups is 1. The summed E-state index contributed by atoms with van der Waals surface area (Å²) in [4.78, 5) is 25.5. The number of amides is 1. The second-order valence-electron chi connectivity index (χ2n) is 11.2. The Balaban J connectivity index is 1.54. The normalized spacial score (nSPS) is 15.0. The Labute approximate surface area is 247 Å². The molecule has 3 aromatic heterocycles. The van der Waals surface area contributed by atoms with E-state index >= 15 is 8.78 Å². The molecule has 2 saturated carbocycles. The SMILES string of the molecule is Cc1cc(Nc2nc(N(C)c3c(F)cc(S(C)(=O)=O)cc3F)nc(-c3cnn(C)c3C(=O)N(C)C3CC3)c2C2CC2)n[nH]1. The van der Waals surface area contributed by atoms with E-state index in [9.17, 15) is 13.2 Å². The number of aromatic amines is 1. The van der Waals surface area contributed by atoms with E-state index in [1.165, 1.54) is 11.7 Å². The third-order valence-electron chi connectivity index (χ3n) is 7.74. The second kappa shape index (κ2) is 10.4. The second-order valence-corrected chi connectivity index (χ2v) is 13.2. The van der Waals surface area contributed by atoms with Crippen molar-refractivity contribution in [1.29, 1.82) is 0 Å². The summed E-state index contributed by atoms with van der Waals surface area (Å²) in [6.07, 6.45) is 6.02. The molecule has 15 heteroatoms. The third kappa shape index (κ3) is 5.44. The van der Waals surface area contributed by atoms with Crippen LogP contribution in [0.2, 0.25) is 0 Å². The Morgan fingerprint density at radius 2 is 1.77 bits per heavy atom. The Kier molecular flexibility index (Phi) is 6.94. The molecule has 0 unspecified atom stereocenters. The standard InChI is InChI=1S/C28H31F2N9O3S/c1-14-10-21(36-35-14)32-26-22(15-6-7-15)23(18-13-31-39(4)24(18)27(40)37(2)16-8-9-16)33-28(34-26)38(3)25-19(29)11-17(12-20(25)30)43(5,41)42/h10-13,15-16H,6-9H2,1-5H3,(H2,32,33,34,35,36). The van der Waals surface area contributed by atoms with Gasteiger partial charge < -0.3 is 15.1 Å². The number of hydrogen-bond acceptors (Lipinski definition) is 9. The highest BCUT2D eigenvalue weighted by Crippen LogP contribution is 2.49. The number of nitrogens with one attached hydrogen (secondary N) is 2. The van der Waals surface area contributed by atoms with Gasteiger partial charge in [0.1, 0.15) is 17.2 Å². The number of carbonyl (C=O) groups excluding carboxylic acids is 1. The van der Waals surface area contributed by atoms with Gasteiger partial charge in [0.2, 0.25) is 5.95 Å². The summed E-state index contributed by atoms with van der Waals surface area (Å²) in [5, 5.41) is 14.8. The van der Waals surface area contributed by atoms with Crippen LogP contribution >= 0.6 is 0 Å². The summed E-state index contributed by atoms with van der Waals surface area (Å²) in [6.45, 7) is 1.85. The Bertz CT molecular complexity index is 1840. The minimum atomic E-state index is -3.86. The van der Waals surface area contributed by atoms with Crippen molar-refractivity contribution >= 4 is 39.0 Å². The highest BCUT2D eigenvalue weighted by Gasteiger charge is 2.37. The Morgan fingerprint density at radius 3 is 2.33 bits per heavy atom. The lowest BCUT2D eigenvalue weighted by atomic mass is 10.0. The van der Waals surface area contributed by atoms with Crippen LogP contribution in [0.25, 0.3) is 11.3 Å². The fourth-order valence-corrected chi connectivity index (χ4v) is 5.74. The molecular weight excluding hydrogens is 580 g/mol. The van der Waals surface area contributed by atoms with Gasteiger partial charge >= 0.3 is 0 Å². The van der Waals surface area contributed by atoms with Crippen molar-refractivity contribution in [2.24, 2.45) is 7.05 Å². The highest BCUT2D eigenvalue weighted by atomic mass is 32.2. The van der Waals surface area contributed by atoms with Crippen molar-refractivity contribution < 1.29 is 22.0 Å². The van der Waals surface area contributed by atoms with Crippen LogP contribution in [0.5, 0.6) is 0 Å². The van der Waals surface area contributed by atoms with E-state index in [0.717, 1.165) is 60.2 Å². The molecule has 43 heavy (non-hydrogen) atoms. The van der Waals surface area contributed by atoms with Gasteiger partial charge in [-0.2, -0.15) is 15.2 Å². The van der Waals surface area contributed by atoms with E-state index in [2.05, 4.69) is 25.6 Å². The van der Waals surface area contributed by atoms with E-state index < -0.39 is 32.1 Å². The number of benzene rings is 1. The minimum Gasteiger partial charge on any atom is -0.337 e. The molecule has 1 amide bonds. The molecule has 2 aliphatic carbocycles. The number of rotatable bonds is 9. The molecule has 0 aliphatic heterocycles. The summed E-state index contributed by atoms with van der Waals surface area (Å²) < 4.78 is 56.1. The van der Waals surface area contributed by atoms with Crippen LogP contribution in [0.4, 0.5) is 32.1 Å². The zero-order valence-corrected chi connectivity index (χ0v) is 25.1. The quantitative estimate of drug-likeness (QED) is 0.285. The first-order valence-electron chi connectivity index (χ1n) is 13.8. The average Bonchev–Trinajstić information content (AvgIpc) is 3.87. The van der Waals surface area contributed by atoms with Crippen molar-refractivity contribution in [3.63, 3.8) is 0 Å². The van der Waals surface area contributed by atoms with Crippen molar-refractivity contribution in [3.05, 3.63) is 53.0 Å². The predicted octanol–water partition coefficient (Wildman–Crippen LogP) is 4.21. The Morgan fingerprint density at radius 1 is 1.09 bits per heavy atom. The van der Waals surface area contributed by atoms with E-state index in [1.807, 2.05) is 6.92 Å². The molecular formula is C28H31F2N9O3S. The van der Waals surface area contributed by atoms with Crippen LogP contribution in [-0.4, -0.2) is 75.6 Å². The number of aryl methyl sites for hydroxylation is 2. The fourth-order valence-electron chi connectivity index (χ4n) is 5.11. The summed E-state index contributed by atoms with van der Waals surface area (Å²) in [5.41, 5.74) is 2.22. The van der Waals surface area contributed by atoms with Gasteiger partial charge in [-0.15, -0.1) is 0 Å². The van der Waals surface area contributed by atoms with Gasteiger partial charge in [-0.3, -0.25) is 14.6 Å². The van der Waals surface area contributed by atoms with Crippen molar-refractivity contribution in [1.82, 2.24) is 34.8 Å². The van der Waals surface area contributed by atoms with Gasteiger partial charge in [0.15, 0.2) is 27.3 Å². The number of aromatic nitrogens is 6. The molecule has 2 fully saturated rings. The zero-order valence-electron chi connectivity index (χ0n) is 24.3. The number of sulfone groups is 1. The predicted molar refractivity (Wildman–Crippen MR) is 155 cm³/mol. The van der Waals surface area contributed by atoms with E-state index in [0.29, 0.717) is 28.6 Å². The van der Waals surface area contributed by atoms with Gasteiger partial charge in [-0.1, -0.05) is 0 Å².